The number of benzene rings is 1. The Bertz CT molecular complexity index is 1120. The molecule has 0 radical (unpaired) electrons. The molecule has 0 saturated carbocycles. The lowest BCUT2D eigenvalue weighted by molar-refractivity contribution is 0.0986. The summed E-state index contributed by atoms with van der Waals surface area (Å²) in [7, 11) is 0. The van der Waals surface area contributed by atoms with E-state index in [2.05, 4.69) is 15.1 Å². The molecule has 146 valence electrons. The number of thiophene rings is 1. The number of ketones is 1. The van der Waals surface area contributed by atoms with Crippen molar-refractivity contribution >= 4 is 17.1 Å². The Labute approximate surface area is 171 Å². The van der Waals surface area contributed by atoms with E-state index in [1.165, 1.54) is 23.5 Å². The van der Waals surface area contributed by atoms with Gasteiger partial charge < -0.3 is 0 Å². The van der Waals surface area contributed by atoms with Crippen molar-refractivity contribution in [1.82, 2.24) is 19.7 Å². The van der Waals surface area contributed by atoms with E-state index in [1.54, 1.807) is 35.5 Å². The second kappa shape index (κ2) is 8.45. The summed E-state index contributed by atoms with van der Waals surface area (Å²) in [5, 5.41) is 4.51. The predicted octanol–water partition coefficient (Wildman–Crippen LogP) is 4.71. The van der Waals surface area contributed by atoms with Gasteiger partial charge in [0.15, 0.2) is 11.6 Å². The van der Waals surface area contributed by atoms with Gasteiger partial charge in [-0.25, -0.2) is 14.1 Å². The van der Waals surface area contributed by atoms with Gasteiger partial charge in [0.25, 0.3) is 0 Å². The zero-order valence-corrected chi connectivity index (χ0v) is 16.7. The van der Waals surface area contributed by atoms with E-state index in [4.69, 9.17) is 0 Å². The van der Waals surface area contributed by atoms with Crippen LogP contribution in [0, 0.1) is 12.7 Å². The molecular formula is C22H19FN4OS. The van der Waals surface area contributed by atoms with Crippen molar-refractivity contribution in [3.63, 3.8) is 0 Å². The first-order valence-corrected chi connectivity index (χ1v) is 10.1. The Balaban J connectivity index is 1.45. The first-order valence-electron chi connectivity index (χ1n) is 9.25. The smallest absolute Gasteiger partial charge is 0.191 e. The number of carbonyl (C=O) groups is 1. The van der Waals surface area contributed by atoms with Crippen LogP contribution in [0.25, 0.3) is 10.7 Å². The third-order valence-electron chi connectivity index (χ3n) is 4.55. The van der Waals surface area contributed by atoms with Crippen LogP contribution in [0.4, 0.5) is 4.39 Å². The average Bonchev–Trinajstić information content (AvgIpc) is 3.35. The number of halogens is 1. The van der Waals surface area contributed by atoms with Crippen LogP contribution in [0.5, 0.6) is 0 Å². The zero-order chi connectivity index (χ0) is 20.2. The Morgan fingerprint density at radius 3 is 2.76 bits per heavy atom. The van der Waals surface area contributed by atoms with Crippen molar-refractivity contribution < 1.29 is 9.18 Å². The fourth-order valence-corrected chi connectivity index (χ4v) is 4.12. The molecule has 0 aliphatic heterocycles. The normalized spacial score (nSPS) is 11.0. The van der Waals surface area contributed by atoms with E-state index in [0.717, 1.165) is 26.4 Å². The van der Waals surface area contributed by atoms with Gasteiger partial charge in [0.2, 0.25) is 0 Å². The van der Waals surface area contributed by atoms with Crippen molar-refractivity contribution in [2.75, 3.05) is 0 Å². The molecule has 29 heavy (non-hydrogen) atoms. The number of hydrogen-bond donors (Lipinski definition) is 0. The van der Waals surface area contributed by atoms with Crippen LogP contribution in [0.2, 0.25) is 0 Å². The molecule has 0 bridgehead atoms. The van der Waals surface area contributed by atoms with Gasteiger partial charge in [0.1, 0.15) is 12.1 Å². The summed E-state index contributed by atoms with van der Waals surface area (Å²) < 4.78 is 14.8. The van der Waals surface area contributed by atoms with E-state index >= 15 is 0 Å². The topological polar surface area (TPSA) is 60.7 Å². The standard InChI is InChI=1S/C22H19FN4OS/c1-15-11-20(29-21(15)19(28)9-6-16-3-2-10-24-12-16)22-25-14-27(26-22)13-17-4-7-18(23)8-5-17/h2-5,7-8,10-12,14H,6,9,13H2,1H3. The minimum Gasteiger partial charge on any atom is -0.293 e. The van der Waals surface area contributed by atoms with Crippen LogP contribution in [0.1, 0.15) is 32.8 Å². The first kappa shape index (κ1) is 19.1. The Morgan fingerprint density at radius 1 is 1.17 bits per heavy atom. The molecule has 5 nitrogen and oxygen atoms in total. The quantitative estimate of drug-likeness (QED) is 0.417. The van der Waals surface area contributed by atoms with Crippen molar-refractivity contribution in [3.05, 3.63) is 88.6 Å². The average molecular weight is 406 g/mol. The molecule has 0 fully saturated rings. The molecule has 1 aromatic carbocycles. The molecule has 7 heteroatoms. The minimum atomic E-state index is -0.261. The SMILES string of the molecule is Cc1cc(-c2ncn(Cc3ccc(F)cc3)n2)sc1C(=O)CCc1cccnc1. The van der Waals surface area contributed by atoms with E-state index in [-0.39, 0.29) is 11.6 Å². The number of pyridine rings is 1. The highest BCUT2D eigenvalue weighted by molar-refractivity contribution is 7.17. The van der Waals surface area contributed by atoms with E-state index in [1.807, 2.05) is 25.1 Å². The largest absolute Gasteiger partial charge is 0.293 e. The number of aromatic nitrogens is 4. The summed E-state index contributed by atoms with van der Waals surface area (Å²) >= 11 is 1.42. The molecule has 0 unspecified atom stereocenters. The molecular weight excluding hydrogens is 387 g/mol. The summed E-state index contributed by atoms with van der Waals surface area (Å²) in [6.07, 6.45) is 6.28. The summed E-state index contributed by atoms with van der Waals surface area (Å²) in [6.45, 7) is 2.45. The molecule has 0 atom stereocenters. The molecule has 0 aliphatic rings. The van der Waals surface area contributed by atoms with Gasteiger partial charge >= 0.3 is 0 Å². The number of rotatable bonds is 7. The first-order chi connectivity index (χ1) is 14.1. The Hall–Kier alpha value is -3.19. The third-order valence-corrected chi connectivity index (χ3v) is 5.82. The lowest BCUT2D eigenvalue weighted by atomic mass is 10.1. The summed E-state index contributed by atoms with van der Waals surface area (Å²) in [6, 6.07) is 12.1. The van der Waals surface area contributed by atoms with Gasteiger partial charge in [-0.15, -0.1) is 16.4 Å². The number of aryl methyl sites for hydroxylation is 2. The van der Waals surface area contributed by atoms with Gasteiger partial charge in [-0.3, -0.25) is 9.78 Å². The van der Waals surface area contributed by atoms with Crippen molar-refractivity contribution in [2.45, 2.75) is 26.3 Å². The fraction of sp³-hybridized carbons (Fsp3) is 0.182. The molecule has 4 aromatic rings. The highest BCUT2D eigenvalue weighted by Gasteiger charge is 2.16. The lowest BCUT2D eigenvalue weighted by Gasteiger charge is -2.00. The third kappa shape index (κ3) is 4.63. The summed E-state index contributed by atoms with van der Waals surface area (Å²) in [5.41, 5.74) is 2.93. The fourth-order valence-electron chi connectivity index (χ4n) is 3.05. The molecule has 3 aromatic heterocycles. The predicted molar refractivity (Wildman–Crippen MR) is 110 cm³/mol. The monoisotopic (exact) mass is 406 g/mol. The zero-order valence-electron chi connectivity index (χ0n) is 15.9. The van der Waals surface area contributed by atoms with Crippen LogP contribution in [-0.4, -0.2) is 25.5 Å². The molecule has 0 saturated heterocycles. The van der Waals surface area contributed by atoms with Crippen molar-refractivity contribution in [2.24, 2.45) is 0 Å². The van der Waals surface area contributed by atoms with E-state index in [9.17, 15) is 9.18 Å². The summed E-state index contributed by atoms with van der Waals surface area (Å²) in [5.74, 6) is 0.447. The van der Waals surface area contributed by atoms with Crippen LogP contribution in [0.3, 0.4) is 0 Å². The van der Waals surface area contributed by atoms with Gasteiger partial charge in [-0.2, -0.15) is 0 Å². The van der Waals surface area contributed by atoms with Gasteiger partial charge in [-0.1, -0.05) is 18.2 Å². The van der Waals surface area contributed by atoms with Crippen molar-refractivity contribution in [1.29, 1.82) is 0 Å². The van der Waals surface area contributed by atoms with Gasteiger partial charge in [0.05, 0.1) is 16.3 Å². The molecule has 4 rings (SSSR count). The highest BCUT2D eigenvalue weighted by Crippen LogP contribution is 2.30. The second-order valence-electron chi connectivity index (χ2n) is 6.80. The maximum Gasteiger partial charge on any atom is 0.191 e. The molecule has 0 amide bonds. The Morgan fingerprint density at radius 2 is 2.00 bits per heavy atom. The maximum absolute atomic E-state index is 13.0. The molecule has 0 N–H and O–H groups in total. The van der Waals surface area contributed by atoms with Crippen LogP contribution >= 0.6 is 11.3 Å². The summed E-state index contributed by atoms with van der Waals surface area (Å²) in [4.78, 5) is 22.7. The molecule has 0 spiro atoms. The molecule has 3 heterocycles. The number of carbonyl (C=O) groups excluding carboxylic acids is 1. The number of nitrogens with zero attached hydrogens (tertiary/aromatic N) is 4. The molecule has 0 aliphatic carbocycles. The van der Waals surface area contributed by atoms with Gasteiger partial charge in [0, 0.05) is 18.8 Å². The lowest BCUT2D eigenvalue weighted by Crippen LogP contribution is -2.00. The van der Waals surface area contributed by atoms with Gasteiger partial charge in [-0.05, 0) is 54.3 Å². The van der Waals surface area contributed by atoms with E-state index in [0.29, 0.717) is 25.2 Å². The van der Waals surface area contributed by atoms with E-state index < -0.39 is 0 Å². The Kier molecular flexibility index (Phi) is 5.57. The highest BCUT2D eigenvalue weighted by atomic mass is 32.1. The van der Waals surface area contributed by atoms with Crippen LogP contribution in [0.15, 0.2) is 61.2 Å². The second-order valence-corrected chi connectivity index (χ2v) is 7.85. The van der Waals surface area contributed by atoms with Crippen LogP contribution < -0.4 is 0 Å². The minimum absolute atomic E-state index is 0.119. The number of Topliss-reactive ketones (excluding diaryl/α,β-unsaturated/α-hetero) is 1. The number of hydrogen-bond acceptors (Lipinski definition) is 5. The van der Waals surface area contributed by atoms with Crippen LogP contribution in [-0.2, 0) is 13.0 Å². The van der Waals surface area contributed by atoms with Crippen molar-refractivity contribution in [3.8, 4) is 10.7 Å². The maximum atomic E-state index is 13.0.